The van der Waals surface area contributed by atoms with Crippen molar-refractivity contribution < 1.29 is 4.74 Å². The lowest BCUT2D eigenvalue weighted by Gasteiger charge is -2.33. The topological polar surface area (TPSA) is 39.9 Å². The van der Waals surface area contributed by atoms with Crippen LogP contribution in [0, 0.1) is 0 Å². The molecular formula is C15H17Cl2N3O. The van der Waals surface area contributed by atoms with Crippen LogP contribution in [-0.4, -0.2) is 21.4 Å². The van der Waals surface area contributed by atoms with Crippen LogP contribution in [0.5, 0.6) is 0 Å². The predicted molar refractivity (Wildman–Crippen MR) is 84.6 cm³/mol. The molecule has 0 N–H and O–H groups in total. The Labute approximate surface area is 134 Å². The van der Waals surface area contributed by atoms with Crippen LogP contribution in [0.1, 0.15) is 18.9 Å². The molecule has 0 aliphatic rings. The van der Waals surface area contributed by atoms with Crippen molar-refractivity contribution >= 4 is 23.2 Å². The van der Waals surface area contributed by atoms with Crippen molar-refractivity contribution in [3.05, 3.63) is 59.1 Å². The van der Waals surface area contributed by atoms with E-state index in [1.165, 1.54) is 6.33 Å². The Morgan fingerprint density at radius 1 is 1.43 bits per heavy atom. The highest BCUT2D eigenvalue weighted by atomic mass is 35.5. The largest absolute Gasteiger partial charge is 0.364 e. The fourth-order valence-electron chi connectivity index (χ4n) is 2.27. The summed E-state index contributed by atoms with van der Waals surface area (Å²) in [6, 6.07) is 5.43. The highest BCUT2D eigenvalue weighted by Crippen LogP contribution is 2.37. The van der Waals surface area contributed by atoms with Crippen LogP contribution >= 0.6 is 23.2 Å². The quantitative estimate of drug-likeness (QED) is 0.720. The van der Waals surface area contributed by atoms with E-state index in [1.54, 1.807) is 23.2 Å². The van der Waals surface area contributed by atoms with Crippen LogP contribution < -0.4 is 0 Å². The van der Waals surface area contributed by atoms with Gasteiger partial charge >= 0.3 is 0 Å². The van der Waals surface area contributed by atoms with Gasteiger partial charge in [-0.1, -0.05) is 42.3 Å². The predicted octanol–water partition coefficient (Wildman–Crippen LogP) is 4.09. The van der Waals surface area contributed by atoms with E-state index in [1.807, 2.05) is 19.1 Å². The number of halogens is 2. The lowest BCUT2D eigenvalue weighted by molar-refractivity contribution is -0.0548. The maximum atomic E-state index is 6.38. The molecule has 0 bridgehead atoms. The summed E-state index contributed by atoms with van der Waals surface area (Å²) < 4.78 is 7.81. The third-order valence-electron chi connectivity index (χ3n) is 3.35. The zero-order valence-electron chi connectivity index (χ0n) is 11.8. The average molecular weight is 326 g/mol. The molecule has 4 nitrogen and oxygen atoms in total. The van der Waals surface area contributed by atoms with Crippen molar-refractivity contribution in [1.29, 1.82) is 0 Å². The SMILES string of the molecule is C=CCOC(CC)(Cn1cncn1)c1ccc(Cl)cc1Cl. The van der Waals surface area contributed by atoms with E-state index in [9.17, 15) is 0 Å². The molecule has 0 spiro atoms. The molecular weight excluding hydrogens is 309 g/mol. The smallest absolute Gasteiger partial charge is 0.137 e. The van der Waals surface area contributed by atoms with Crippen LogP contribution in [0.25, 0.3) is 0 Å². The lowest BCUT2D eigenvalue weighted by atomic mass is 9.90. The highest BCUT2D eigenvalue weighted by molar-refractivity contribution is 6.35. The van der Waals surface area contributed by atoms with Gasteiger partial charge in [0.1, 0.15) is 18.3 Å². The van der Waals surface area contributed by atoms with Gasteiger partial charge in [0, 0.05) is 15.6 Å². The second kappa shape index (κ2) is 7.07. The molecule has 0 saturated carbocycles. The third-order valence-corrected chi connectivity index (χ3v) is 3.90. The molecule has 2 aromatic rings. The molecule has 21 heavy (non-hydrogen) atoms. The first-order chi connectivity index (χ1) is 10.1. The first kappa shape index (κ1) is 16.0. The van der Waals surface area contributed by atoms with Crippen LogP contribution in [-0.2, 0) is 16.9 Å². The first-order valence-electron chi connectivity index (χ1n) is 6.64. The Balaban J connectivity index is 2.44. The summed E-state index contributed by atoms with van der Waals surface area (Å²) in [5, 5.41) is 5.33. The minimum Gasteiger partial charge on any atom is -0.364 e. The van der Waals surface area contributed by atoms with Gasteiger partial charge in [0.15, 0.2) is 0 Å². The summed E-state index contributed by atoms with van der Waals surface area (Å²) in [7, 11) is 0. The van der Waals surface area contributed by atoms with Crippen LogP contribution in [0.15, 0.2) is 43.5 Å². The number of hydrogen-bond acceptors (Lipinski definition) is 3. The van der Waals surface area contributed by atoms with Crippen molar-refractivity contribution in [3.63, 3.8) is 0 Å². The molecule has 2 rings (SSSR count). The van der Waals surface area contributed by atoms with Gasteiger partial charge in [-0.15, -0.1) is 6.58 Å². The van der Waals surface area contributed by atoms with Gasteiger partial charge in [-0.2, -0.15) is 5.10 Å². The molecule has 0 amide bonds. The van der Waals surface area contributed by atoms with E-state index >= 15 is 0 Å². The van der Waals surface area contributed by atoms with Crippen LogP contribution in [0.2, 0.25) is 10.0 Å². The van der Waals surface area contributed by atoms with Gasteiger partial charge in [-0.3, -0.25) is 0 Å². The van der Waals surface area contributed by atoms with Gasteiger partial charge in [-0.25, -0.2) is 9.67 Å². The molecule has 0 aliphatic carbocycles. The summed E-state index contributed by atoms with van der Waals surface area (Å²) in [6.45, 7) is 6.69. The Morgan fingerprint density at radius 3 is 2.81 bits per heavy atom. The number of rotatable bonds is 7. The fourth-order valence-corrected chi connectivity index (χ4v) is 2.85. The molecule has 6 heteroatoms. The van der Waals surface area contributed by atoms with E-state index in [4.69, 9.17) is 27.9 Å². The molecule has 0 saturated heterocycles. The molecule has 0 fully saturated rings. The molecule has 1 unspecified atom stereocenters. The first-order valence-corrected chi connectivity index (χ1v) is 7.39. The maximum Gasteiger partial charge on any atom is 0.137 e. The summed E-state index contributed by atoms with van der Waals surface area (Å²) in [5.41, 5.74) is 0.275. The van der Waals surface area contributed by atoms with E-state index in [2.05, 4.69) is 16.7 Å². The van der Waals surface area contributed by atoms with Crippen molar-refractivity contribution in [2.45, 2.75) is 25.5 Å². The third kappa shape index (κ3) is 3.64. The molecule has 1 atom stereocenters. The van der Waals surface area contributed by atoms with Crippen LogP contribution in [0.4, 0.5) is 0 Å². The number of aromatic nitrogens is 3. The highest BCUT2D eigenvalue weighted by Gasteiger charge is 2.34. The van der Waals surface area contributed by atoms with Gasteiger partial charge in [0.2, 0.25) is 0 Å². The van der Waals surface area contributed by atoms with Gasteiger partial charge < -0.3 is 4.74 Å². The molecule has 0 radical (unpaired) electrons. The average Bonchev–Trinajstić information content (AvgIpc) is 2.96. The van der Waals surface area contributed by atoms with Gasteiger partial charge in [0.25, 0.3) is 0 Å². The summed E-state index contributed by atoms with van der Waals surface area (Å²) in [5.74, 6) is 0. The van der Waals surface area contributed by atoms with Crippen molar-refractivity contribution in [3.8, 4) is 0 Å². The number of benzene rings is 1. The van der Waals surface area contributed by atoms with Crippen molar-refractivity contribution in [1.82, 2.24) is 14.8 Å². The van der Waals surface area contributed by atoms with Crippen molar-refractivity contribution in [2.75, 3.05) is 6.61 Å². The molecule has 1 heterocycles. The van der Waals surface area contributed by atoms with Crippen LogP contribution in [0.3, 0.4) is 0 Å². The number of ether oxygens (including phenoxy) is 1. The Morgan fingerprint density at radius 2 is 2.24 bits per heavy atom. The monoisotopic (exact) mass is 325 g/mol. The summed E-state index contributed by atoms with van der Waals surface area (Å²) >= 11 is 12.4. The summed E-state index contributed by atoms with van der Waals surface area (Å²) in [6.07, 6.45) is 5.60. The minimum absolute atomic E-state index is 0.418. The standard InChI is InChI=1S/C15H17Cl2N3O/c1-3-7-21-15(4-2,9-20-11-18-10-19-20)13-6-5-12(16)8-14(13)17/h3,5-6,8,10-11H,1,4,7,9H2,2H3. The molecule has 1 aromatic heterocycles. The van der Waals surface area contributed by atoms with Gasteiger partial charge in [-0.05, 0) is 18.6 Å². The van der Waals surface area contributed by atoms with E-state index < -0.39 is 5.60 Å². The number of hydrogen-bond donors (Lipinski definition) is 0. The van der Waals surface area contributed by atoms with E-state index in [0.717, 1.165) is 12.0 Å². The molecule has 112 valence electrons. The van der Waals surface area contributed by atoms with Gasteiger partial charge in [0.05, 0.1) is 13.2 Å². The van der Waals surface area contributed by atoms with E-state index in [0.29, 0.717) is 23.2 Å². The second-order valence-corrected chi connectivity index (χ2v) is 5.51. The number of nitrogens with zero attached hydrogens (tertiary/aromatic N) is 3. The Bertz CT molecular complexity index is 601. The zero-order chi connectivity index (χ0) is 15.3. The Hall–Kier alpha value is -1.36. The van der Waals surface area contributed by atoms with E-state index in [-0.39, 0.29) is 0 Å². The normalized spacial score (nSPS) is 13.9. The Kier molecular flexibility index (Phi) is 5.39. The maximum absolute atomic E-state index is 6.38. The zero-order valence-corrected chi connectivity index (χ0v) is 13.3. The van der Waals surface area contributed by atoms with Crippen molar-refractivity contribution in [2.24, 2.45) is 0 Å². The lowest BCUT2D eigenvalue weighted by Crippen LogP contribution is -2.35. The second-order valence-electron chi connectivity index (χ2n) is 4.66. The molecule has 1 aromatic carbocycles. The molecule has 0 aliphatic heterocycles. The summed E-state index contributed by atoms with van der Waals surface area (Å²) in [4.78, 5) is 3.97. The fraction of sp³-hybridized carbons (Fsp3) is 0.333. The minimum atomic E-state index is -0.608.